The van der Waals surface area contributed by atoms with Crippen LogP contribution < -0.4 is 5.32 Å². The molecule has 2 aliphatic rings. The quantitative estimate of drug-likeness (QED) is 0.495. The van der Waals surface area contributed by atoms with Gasteiger partial charge in [0.25, 0.3) is 5.91 Å². The Morgan fingerprint density at radius 1 is 1.19 bits per heavy atom. The summed E-state index contributed by atoms with van der Waals surface area (Å²) in [6.45, 7) is 0. The third kappa shape index (κ3) is 4.72. The zero-order chi connectivity index (χ0) is 22.1. The van der Waals surface area contributed by atoms with E-state index in [2.05, 4.69) is 37.2 Å². The third-order valence-electron chi connectivity index (χ3n) is 4.79. The maximum atomic E-state index is 12.8. The molecule has 0 aromatic heterocycles. The second-order valence-electron chi connectivity index (χ2n) is 6.87. The van der Waals surface area contributed by atoms with E-state index in [9.17, 15) is 19.5 Å². The van der Waals surface area contributed by atoms with Crippen LogP contribution in [0.4, 0.5) is 0 Å². The first-order valence-corrected chi connectivity index (χ1v) is 12.7. The van der Waals surface area contributed by atoms with Gasteiger partial charge in [0.15, 0.2) is 0 Å². The van der Waals surface area contributed by atoms with Gasteiger partial charge in [-0.1, -0.05) is 58.0 Å². The number of benzene rings is 2. The Morgan fingerprint density at radius 2 is 1.94 bits per heavy atom. The van der Waals surface area contributed by atoms with Gasteiger partial charge in [0, 0.05) is 24.5 Å². The van der Waals surface area contributed by atoms with Crippen molar-refractivity contribution in [1.29, 1.82) is 0 Å². The number of fused-ring (bicyclic) bond motifs is 1. The van der Waals surface area contributed by atoms with Gasteiger partial charge in [-0.2, -0.15) is 0 Å². The number of carboxylic acid groups (broad SMARTS) is 1. The maximum Gasteiger partial charge on any atom is 0.353 e. The minimum absolute atomic E-state index is 0.0119. The van der Waals surface area contributed by atoms with Crippen molar-refractivity contribution in [3.05, 3.63) is 73.6 Å². The summed E-state index contributed by atoms with van der Waals surface area (Å²) in [6, 6.07) is 14.2. The lowest BCUT2D eigenvalue weighted by Gasteiger charge is -2.49. The molecule has 0 bridgehead atoms. The summed E-state index contributed by atoms with van der Waals surface area (Å²) >= 11 is 9.67. The van der Waals surface area contributed by atoms with E-state index in [0.717, 1.165) is 19.4 Å². The molecule has 2 aromatic carbocycles. The summed E-state index contributed by atoms with van der Waals surface area (Å²) in [5.74, 6) is -1.37. The van der Waals surface area contributed by atoms with Gasteiger partial charge in [0.1, 0.15) is 17.1 Å². The van der Waals surface area contributed by atoms with Crippen LogP contribution in [0.5, 0.6) is 0 Å². The number of nitrogens with one attached hydrogen (secondary N) is 1. The molecule has 2 aromatic rings. The smallest absolute Gasteiger partial charge is 0.353 e. The molecule has 0 radical (unpaired) electrons. The third-order valence-corrected chi connectivity index (χ3v) is 8.82. The Hall–Kier alpha value is -1.75. The highest BCUT2D eigenvalue weighted by atomic mass is 79.9. The Bertz CT molecular complexity index is 1090. The van der Waals surface area contributed by atoms with Crippen molar-refractivity contribution in [1.82, 2.24) is 10.2 Å². The van der Waals surface area contributed by atoms with E-state index < -0.39 is 23.3 Å². The van der Waals surface area contributed by atoms with Crippen molar-refractivity contribution in [2.45, 2.75) is 22.7 Å². The Labute approximate surface area is 204 Å². The highest BCUT2D eigenvalue weighted by Gasteiger charge is 2.54. The van der Waals surface area contributed by atoms with Crippen molar-refractivity contribution in [2.75, 3.05) is 5.75 Å². The van der Waals surface area contributed by atoms with Gasteiger partial charge < -0.3 is 10.4 Å². The summed E-state index contributed by atoms with van der Waals surface area (Å²) in [5.41, 5.74) is 0.840. The molecular formula is C21H16Br2N2O4S2. The Morgan fingerprint density at radius 3 is 2.61 bits per heavy atom. The number of carbonyl (C=O) groups is 3. The van der Waals surface area contributed by atoms with E-state index in [1.54, 1.807) is 0 Å². The monoisotopic (exact) mass is 582 g/mol. The second kappa shape index (κ2) is 9.40. The molecule has 0 spiro atoms. The van der Waals surface area contributed by atoms with Crippen molar-refractivity contribution in [2.24, 2.45) is 0 Å². The van der Waals surface area contributed by atoms with E-state index in [-0.39, 0.29) is 18.0 Å². The molecule has 160 valence electrons. The lowest BCUT2D eigenvalue weighted by Crippen LogP contribution is -2.70. The molecule has 2 aliphatic heterocycles. The Balaban J connectivity index is 1.50. The molecule has 0 aliphatic carbocycles. The summed E-state index contributed by atoms with van der Waals surface area (Å²) in [5, 5.41) is 12.2. The number of hydrogen-bond acceptors (Lipinski definition) is 5. The average molecular weight is 584 g/mol. The normalized spacial score (nSPS) is 20.2. The van der Waals surface area contributed by atoms with Crippen LogP contribution in [0.2, 0.25) is 0 Å². The van der Waals surface area contributed by atoms with Gasteiger partial charge >= 0.3 is 5.97 Å². The van der Waals surface area contributed by atoms with E-state index in [1.807, 2.05) is 48.5 Å². The predicted octanol–water partition coefficient (Wildman–Crippen LogP) is 4.24. The van der Waals surface area contributed by atoms with Crippen LogP contribution in [0, 0.1) is 0 Å². The number of rotatable bonds is 6. The molecule has 0 unspecified atom stereocenters. The lowest BCUT2D eigenvalue weighted by atomic mass is 10.0. The largest absolute Gasteiger partial charge is 0.477 e. The average Bonchev–Trinajstić information content (AvgIpc) is 2.74. The molecule has 2 amide bonds. The SMILES string of the molecule is O=C(Cc1ccccc1)N[C@@H]1C(=O)N2C(C(=O)O)=C(Sc3ccc(Br)cc3Br)CS[C@H]12. The van der Waals surface area contributed by atoms with E-state index in [0.29, 0.717) is 10.7 Å². The highest BCUT2D eigenvalue weighted by molar-refractivity contribution is 9.11. The van der Waals surface area contributed by atoms with Crippen molar-refractivity contribution < 1.29 is 19.5 Å². The van der Waals surface area contributed by atoms with Crippen molar-refractivity contribution >= 4 is 73.2 Å². The minimum atomic E-state index is -1.15. The van der Waals surface area contributed by atoms with Gasteiger partial charge in [-0.15, -0.1) is 11.8 Å². The zero-order valence-corrected chi connectivity index (χ0v) is 20.7. The summed E-state index contributed by atoms with van der Waals surface area (Å²) < 4.78 is 1.73. The maximum absolute atomic E-state index is 12.8. The van der Waals surface area contributed by atoms with Crippen LogP contribution in [-0.4, -0.2) is 45.0 Å². The molecule has 1 saturated heterocycles. The van der Waals surface area contributed by atoms with E-state index in [4.69, 9.17) is 0 Å². The number of amides is 2. The fraction of sp³-hybridized carbons (Fsp3) is 0.190. The first kappa shape index (κ1) is 22.4. The number of carboxylic acids is 1. The van der Waals surface area contributed by atoms with Crippen molar-refractivity contribution in [3.8, 4) is 0 Å². The van der Waals surface area contributed by atoms with Gasteiger partial charge in [-0.3, -0.25) is 14.5 Å². The second-order valence-corrected chi connectivity index (χ2v) is 10.9. The fourth-order valence-electron chi connectivity index (χ4n) is 3.37. The van der Waals surface area contributed by atoms with Crippen LogP contribution in [0.1, 0.15) is 5.56 Å². The first-order valence-electron chi connectivity index (χ1n) is 9.22. The minimum Gasteiger partial charge on any atom is -0.477 e. The van der Waals surface area contributed by atoms with Gasteiger partial charge in [0.05, 0.1) is 6.42 Å². The van der Waals surface area contributed by atoms with E-state index >= 15 is 0 Å². The molecular weight excluding hydrogens is 568 g/mol. The topological polar surface area (TPSA) is 86.7 Å². The fourth-order valence-corrected chi connectivity index (χ4v) is 7.13. The number of hydrogen-bond donors (Lipinski definition) is 2. The number of thioether (sulfide) groups is 2. The molecule has 2 heterocycles. The van der Waals surface area contributed by atoms with Crippen LogP contribution in [-0.2, 0) is 20.8 Å². The highest BCUT2D eigenvalue weighted by Crippen LogP contribution is 2.46. The number of halogens is 2. The summed E-state index contributed by atoms with van der Waals surface area (Å²) in [4.78, 5) is 39.9. The zero-order valence-electron chi connectivity index (χ0n) is 15.9. The van der Waals surface area contributed by atoms with Crippen LogP contribution in [0.15, 0.2) is 73.0 Å². The first-order chi connectivity index (χ1) is 14.8. The molecule has 6 nitrogen and oxygen atoms in total. The van der Waals surface area contributed by atoms with Gasteiger partial charge in [-0.25, -0.2) is 4.79 Å². The molecule has 1 fully saturated rings. The molecule has 0 saturated carbocycles. The van der Waals surface area contributed by atoms with E-state index in [1.165, 1.54) is 28.4 Å². The molecule has 2 N–H and O–H groups in total. The number of carbonyl (C=O) groups excluding carboxylic acids is 2. The molecule has 2 atom stereocenters. The number of β-lactam (4-membered cyclic amide) rings is 1. The van der Waals surface area contributed by atoms with Gasteiger partial charge in [-0.05, 0) is 39.7 Å². The van der Waals surface area contributed by atoms with Crippen LogP contribution in [0.25, 0.3) is 0 Å². The lowest BCUT2D eigenvalue weighted by molar-refractivity contribution is -0.150. The standard InChI is InChI=1S/C21H16Br2N2O4S2/c22-12-6-7-14(13(23)9-12)31-15-10-30-20-17(19(27)25(20)18(15)21(28)29)24-16(26)8-11-4-2-1-3-5-11/h1-7,9,17,20H,8,10H2,(H,24,26)(H,28,29)/t17-,20-/m1/s1. The summed E-state index contributed by atoms with van der Waals surface area (Å²) in [7, 11) is 0. The number of aliphatic carboxylic acids is 1. The Kier molecular flexibility index (Phi) is 6.80. The van der Waals surface area contributed by atoms with Crippen LogP contribution in [0.3, 0.4) is 0 Å². The van der Waals surface area contributed by atoms with Crippen molar-refractivity contribution in [3.63, 3.8) is 0 Å². The predicted molar refractivity (Wildman–Crippen MR) is 128 cm³/mol. The molecule has 4 rings (SSSR count). The number of nitrogens with zero attached hydrogens (tertiary/aromatic N) is 1. The molecule has 31 heavy (non-hydrogen) atoms. The summed E-state index contributed by atoms with van der Waals surface area (Å²) in [6.07, 6.45) is 0.169. The molecule has 10 heteroatoms. The van der Waals surface area contributed by atoms with Crippen LogP contribution >= 0.6 is 55.4 Å². The van der Waals surface area contributed by atoms with Gasteiger partial charge in [0.2, 0.25) is 5.91 Å².